The molecule has 1 aromatic heterocycles. The van der Waals surface area contributed by atoms with Crippen molar-refractivity contribution in [2.24, 2.45) is 0 Å². The highest BCUT2D eigenvalue weighted by Crippen LogP contribution is 2.34. The van der Waals surface area contributed by atoms with Crippen molar-refractivity contribution in [2.45, 2.75) is 31.6 Å². The first kappa shape index (κ1) is 19.7. The third kappa shape index (κ3) is 4.53. The molecular weight excluding hydrogens is 384 g/mol. The molecule has 0 spiro atoms. The van der Waals surface area contributed by atoms with Crippen molar-refractivity contribution in [3.63, 3.8) is 0 Å². The SMILES string of the molecule is COc1cc(CCC(=O)N2CCC(c3nc4ccccc4s3)CC2)cc(OC)c1. The summed E-state index contributed by atoms with van der Waals surface area (Å²) in [6, 6.07) is 14.1. The summed E-state index contributed by atoms with van der Waals surface area (Å²) in [5, 5.41) is 1.21. The van der Waals surface area contributed by atoms with Crippen LogP contribution >= 0.6 is 11.3 Å². The summed E-state index contributed by atoms with van der Waals surface area (Å²) >= 11 is 1.79. The molecule has 0 aliphatic carbocycles. The lowest BCUT2D eigenvalue weighted by atomic mass is 9.97. The van der Waals surface area contributed by atoms with E-state index in [4.69, 9.17) is 14.5 Å². The molecule has 5 nitrogen and oxygen atoms in total. The van der Waals surface area contributed by atoms with Crippen LogP contribution in [0.4, 0.5) is 0 Å². The average molecular weight is 411 g/mol. The number of rotatable bonds is 6. The highest BCUT2D eigenvalue weighted by Gasteiger charge is 2.25. The summed E-state index contributed by atoms with van der Waals surface area (Å²) in [7, 11) is 3.28. The maximum absolute atomic E-state index is 12.7. The van der Waals surface area contributed by atoms with Crippen molar-refractivity contribution < 1.29 is 14.3 Å². The van der Waals surface area contributed by atoms with Crippen LogP contribution in [-0.2, 0) is 11.2 Å². The minimum atomic E-state index is 0.217. The van der Waals surface area contributed by atoms with E-state index in [0.717, 1.165) is 48.5 Å². The molecule has 1 amide bonds. The van der Waals surface area contributed by atoms with E-state index in [0.29, 0.717) is 18.8 Å². The number of fused-ring (bicyclic) bond motifs is 1. The molecule has 29 heavy (non-hydrogen) atoms. The third-order valence-corrected chi connectivity index (χ3v) is 6.74. The summed E-state index contributed by atoms with van der Waals surface area (Å²) in [6.07, 6.45) is 3.16. The zero-order chi connectivity index (χ0) is 20.2. The van der Waals surface area contributed by atoms with Gasteiger partial charge in [-0.05, 0) is 49.1 Å². The van der Waals surface area contributed by atoms with Crippen LogP contribution in [0.5, 0.6) is 11.5 Å². The molecule has 0 unspecified atom stereocenters. The fraction of sp³-hybridized carbons (Fsp3) is 0.391. The number of para-hydroxylation sites is 1. The first-order chi connectivity index (χ1) is 14.2. The Kier molecular flexibility index (Phi) is 6.00. The number of aromatic nitrogens is 1. The molecule has 3 aromatic rings. The first-order valence-electron chi connectivity index (χ1n) is 10.0. The van der Waals surface area contributed by atoms with Gasteiger partial charge >= 0.3 is 0 Å². The minimum absolute atomic E-state index is 0.217. The van der Waals surface area contributed by atoms with Gasteiger partial charge in [-0.3, -0.25) is 4.79 Å². The second kappa shape index (κ2) is 8.82. The number of likely N-dealkylation sites (tertiary alicyclic amines) is 1. The number of hydrogen-bond acceptors (Lipinski definition) is 5. The Morgan fingerprint density at radius 3 is 2.45 bits per heavy atom. The Morgan fingerprint density at radius 2 is 1.79 bits per heavy atom. The summed E-state index contributed by atoms with van der Waals surface area (Å²) in [5.41, 5.74) is 2.14. The van der Waals surface area contributed by atoms with E-state index in [9.17, 15) is 4.79 Å². The fourth-order valence-electron chi connectivity index (χ4n) is 3.86. The number of carbonyl (C=O) groups is 1. The average Bonchev–Trinajstić information content (AvgIpc) is 3.21. The predicted octanol–water partition coefficient (Wildman–Crippen LogP) is 4.65. The summed E-state index contributed by atoms with van der Waals surface area (Å²) in [6.45, 7) is 1.61. The van der Waals surface area contributed by atoms with Gasteiger partial charge in [-0.25, -0.2) is 4.98 Å². The first-order valence-corrected chi connectivity index (χ1v) is 10.8. The van der Waals surface area contributed by atoms with Crippen LogP contribution in [0.3, 0.4) is 0 Å². The number of thiazole rings is 1. The Balaban J connectivity index is 1.32. The van der Waals surface area contributed by atoms with Gasteiger partial charge in [0.1, 0.15) is 11.5 Å². The Hall–Kier alpha value is -2.60. The molecule has 0 radical (unpaired) electrons. The number of piperidine rings is 1. The van der Waals surface area contributed by atoms with Gasteiger partial charge in [0.15, 0.2) is 0 Å². The van der Waals surface area contributed by atoms with E-state index in [1.54, 1.807) is 25.6 Å². The van der Waals surface area contributed by atoms with Gasteiger partial charge in [0.2, 0.25) is 5.91 Å². The molecule has 1 aliphatic heterocycles. The number of aryl methyl sites for hydroxylation is 1. The number of benzene rings is 2. The standard InChI is InChI=1S/C23H26N2O3S/c1-27-18-13-16(14-19(15-18)28-2)7-8-22(26)25-11-9-17(10-12-25)23-24-20-5-3-4-6-21(20)29-23/h3-6,13-15,17H,7-12H2,1-2H3. The van der Waals surface area contributed by atoms with E-state index in [2.05, 4.69) is 18.2 Å². The van der Waals surface area contributed by atoms with Gasteiger partial charge in [0.05, 0.1) is 29.4 Å². The van der Waals surface area contributed by atoms with E-state index in [-0.39, 0.29) is 5.91 Å². The molecule has 4 rings (SSSR count). The lowest BCUT2D eigenvalue weighted by molar-refractivity contribution is -0.132. The topological polar surface area (TPSA) is 51.7 Å². The number of carbonyl (C=O) groups excluding carboxylic acids is 1. The van der Waals surface area contributed by atoms with Gasteiger partial charge < -0.3 is 14.4 Å². The molecule has 1 saturated heterocycles. The van der Waals surface area contributed by atoms with Crippen LogP contribution in [-0.4, -0.2) is 43.1 Å². The van der Waals surface area contributed by atoms with Gasteiger partial charge in [0, 0.05) is 31.5 Å². The Morgan fingerprint density at radius 1 is 1.10 bits per heavy atom. The zero-order valence-electron chi connectivity index (χ0n) is 16.9. The number of hydrogen-bond donors (Lipinski definition) is 0. The highest BCUT2D eigenvalue weighted by atomic mass is 32.1. The van der Waals surface area contributed by atoms with Crippen molar-refractivity contribution in [2.75, 3.05) is 27.3 Å². The van der Waals surface area contributed by atoms with E-state index in [1.807, 2.05) is 29.2 Å². The summed E-state index contributed by atoms with van der Waals surface area (Å²) in [5.74, 6) is 2.18. The van der Waals surface area contributed by atoms with Crippen molar-refractivity contribution in [3.8, 4) is 11.5 Å². The maximum atomic E-state index is 12.7. The number of ether oxygens (including phenoxy) is 2. The molecule has 0 atom stereocenters. The second-order valence-electron chi connectivity index (χ2n) is 7.40. The minimum Gasteiger partial charge on any atom is -0.497 e. The maximum Gasteiger partial charge on any atom is 0.222 e. The van der Waals surface area contributed by atoms with Gasteiger partial charge in [-0.15, -0.1) is 11.3 Å². The van der Waals surface area contributed by atoms with Crippen LogP contribution < -0.4 is 9.47 Å². The lowest BCUT2D eigenvalue weighted by Crippen LogP contribution is -2.38. The lowest BCUT2D eigenvalue weighted by Gasteiger charge is -2.31. The number of amides is 1. The molecule has 0 N–H and O–H groups in total. The van der Waals surface area contributed by atoms with Crippen LogP contribution in [0.25, 0.3) is 10.2 Å². The van der Waals surface area contributed by atoms with Crippen molar-refractivity contribution in [1.82, 2.24) is 9.88 Å². The van der Waals surface area contributed by atoms with E-state index < -0.39 is 0 Å². The van der Waals surface area contributed by atoms with Crippen LogP contribution in [0.2, 0.25) is 0 Å². The highest BCUT2D eigenvalue weighted by molar-refractivity contribution is 7.18. The third-order valence-electron chi connectivity index (χ3n) is 5.55. The Bertz CT molecular complexity index is 937. The van der Waals surface area contributed by atoms with Crippen LogP contribution in [0, 0.1) is 0 Å². The van der Waals surface area contributed by atoms with Gasteiger partial charge in [-0.2, -0.15) is 0 Å². The molecular formula is C23H26N2O3S. The largest absolute Gasteiger partial charge is 0.497 e. The van der Waals surface area contributed by atoms with Gasteiger partial charge in [0.25, 0.3) is 0 Å². The van der Waals surface area contributed by atoms with Crippen molar-refractivity contribution >= 4 is 27.5 Å². The van der Waals surface area contributed by atoms with Crippen LogP contribution in [0.1, 0.15) is 35.8 Å². The zero-order valence-corrected chi connectivity index (χ0v) is 17.7. The molecule has 152 valence electrons. The molecule has 2 aromatic carbocycles. The normalized spacial score (nSPS) is 14.9. The van der Waals surface area contributed by atoms with E-state index >= 15 is 0 Å². The molecule has 6 heteroatoms. The molecule has 0 bridgehead atoms. The number of nitrogens with zero attached hydrogens (tertiary/aromatic N) is 2. The smallest absolute Gasteiger partial charge is 0.222 e. The fourth-order valence-corrected chi connectivity index (χ4v) is 5.00. The number of methoxy groups -OCH3 is 2. The van der Waals surface area contributed by atoms with E-state index in [1.165, 1.54) is 9.71 Å². The predicted molar refractivity (Wildman–Crippen MR) is 116 cm³/mol. The second-order valence-corrected chi connectivity index (χ2v) is 8.46. The summed E-state index contributed by atoms with van der Waals surface area (Å²) < 4.78 is 11.9. The molecule has 0 saturated carbocycles. The van der Waals surface area contributed by atoms with Gasteiger partial charge in [-0.1, -0.05) is 12.1 Å². The van der Waals surface area contributed by atoms with Crippen LogP contribution in [0.15, 0.2) is 42.5 Å². The Labute approximate surface area is 175 Å². The summed E-state index contributed by atoms with van der Waals surface area (Å²) in [4.78, 5) is 19.5. The van der Waals surface area contributed by atoms with Crippen molar-refractivity contribution in [1.29, 1.82) is 0 Å². The molecule has 1 aliphatic rings. The van der Waals surface area contributed by atoms with Crippen molar-refractivity contribution in [3.05, 3.63) is 53.0 Å². The molecule has 1 fully saturated rings. The monoisotopic (exact) mass is 410 g/mol. The quantitative estimate of drug-likeness (QED) is 0.593. The molecule has 2 heterocycles.